The molecule has 1 aliphatic heterocycles. The third-order valence-corrected chi connectivity index (χ3v) is 7.05. The summed E-state index contributed by atoms with van der Waals surface area (Å²) in [5.74, 6) is -1.53. The number of fused-ring (bicyclic) bond motifs is 1. The Morgan fingerprint density at radius 3 is 2.63 bits per heavy atom. The van der Waals surface area contributed by atoms with Crippen LogP contribution < -0.4 is 5.32 Å². The first-order valence-electron chi connectivity index (χ1n) is 12.1. The molecule has 4 rings (SSSR count). The lowest BCUT2D eigenvalue weighted by Gasteiger charge is -2.31. The van der Waals surface area contributed by atoms with Gasteiger partial charge in [-0.15, -0.1) is 0 Å². The predicted octanol–water partition coefficient (Wildman–Crippen LogP) is 5.40. The molecule has 0 spiro atoms. The fourth-order valence-corrected chi connectivity index (χ4v) is 5.14. The average molecular weight is 546 g/mol. The van der Waals surface area contributed by atoms with Gasteiger partial charge in [-0.3, -0.25) is 14.4 Å². The summed E-state index contributed by atoms with van der Waals surface area (Å²) in [6.07, 6.45) is -3.28. The Labute approximate surface area is 221 Å². The number of hydrogen-bond donors (Lipinski definition) is 1. The van der Waals surface area contributed by atoms with E-state index in [9.17, 15) is 27.6 Å². The van der Waals surface area contributed by atoms with Crippen LogP contribution in [0.5, 0.6) is 0 Å². The Hall–Kier alpha value is -3.60. The van der Waals surface area contributed by atoms with Crippen LogP contribution in [-0.2, 0) is 20.5 Å². The van der Waals surface area contributed by atoms with Crippen molar-refractivity contribution in [1.29, 1.82) is 0 Å². The number of benzene rings is 2. The van der Waals surface area contributed by atoms with Crippen molar-refractivity contribution in [3.05, 3.63) is 65.7 Å². The first-order chi connectivity index (χ1) is 18.2. The molecule has 1 saturated heterocycles. The summed E-state index contributed by atoms with van der Waals surface area (Å²) in [6.45, 7) is 2.84. The Bertz CT molecular complexity index is 1350. The summed E-state index contributed by atoms with van der Waals surface area (Å²) in [4.78, 5) is 44.3. The molecule has 1 aliphatic rings. The van der Waals surface area contributed by atoms with Gasteiger partial charge in [0.05, 0.1) is 45.6 Å². The molecule has 0 aliphatic carbocycles. The number of nitrogens with zero attached hydrogens (tertiary/aromatic N) is 2. The highest BCUT2D eigenvalue weighted by Crippen LogP contribution is 2.35. The van der Waals surface area contributed by atoms with Gasteiger partial charge in [-0.25, -0.2) is 4.98 Å². The summed E-state index contributed by atoms with van der Waals surface area (Å²) in [5, 5.41) is 3.23. The van der Waals surface area contributed by atoms with Gasteiger partial charge < -0.3 is 15.0 Å². The highest BCUT2D eigenvalue weighted by atomic mass is 32.2. The van der Waals surface area contributed by atoms with Crippen LogP contribution in [0.15, 0.2) is 59.6 Å². The van der Waals surface area contributed by atoms with E-state index in [2.05, 4.69) is 10.3 Å². The fraction of sp³-hybridized carbons (Fsp3) is 0.333. The number of carbonyl (C=O) groups is 3. The standard InChI is InChI=1S/C27H26F3N3O4S/c1-2-37-26(36)17-8-7-13-33(15-17)24(34)16-38-23-14-19(18-9-3-5-11-21(18)31-23)25(35)32-22-12-6-4-10-20(22)27(28,29)30/h3-6,9-12,14,17H,2,7-8,13,15-16H2,1H3,(H,32,35)/t17-/m1/s1. The monoisotopic (exact) mass is 545 g/mol. The van der Waals surface area contributed by atoms with Crippen molar-refractivity contribution in [1.82, 2.24) is 9.88 Å². The SMILES string of the molecule is CCOC(=O)[C@@H]1CCCN(C(=O)CSc2cc(C(=O)Nc3ccccc3C(F)(F)F)c3ccccc3n2)C1. The molecule has 3 aromatic rings. The molecule has 2 heterocycles. The minimum absolute atomic E-state index is 0.0266. The molecule has 38 heavy (non-hydrogen) atoms. The molecule has 0 saturated carbocycles. The van der Waals surface area contributed by atoms with Gasteiger partial charge in [0.15, 0.2) is 0 Å². The van der Waals surface area contributed by atoms with Crippen molar-refractivity contribution in [2.45, 2.75) is 31.0 Å². The Morgan fingerprint density at radius 2 is 1.87 bits per heavy atom. The molecule has 1 N–H and O–H groups in total. The van der Waals surface area contributed by atoms with E-state index >= 15 is 0 Å². The fourth-order valence-electron chi connectivity index (χ4n) is 4.33. The number of nitrogens with one attached hydrogen (secondary N) is 1. The van der Waals surface area contributed by atoms with Crippen LogP contribution in [0.3, 0.4) is 0 Å². The molecule has 2 amide bonds. The number of rotatable bonds is 7. The second-order valence-electron chi connectivity index (χ2n) is 8.74. The Kier molecular flexibility index (Phi) is 8.55. The zero-order chi connectivity index (χ0) is 27.3. The van der Waals surface area contributed by atoms with Crippen LogP contribution in [0.25, 0.3) is 10.9 Å². The van der Waals surface area contributed by atoms with Crippen molar-refractivity contribution >= 4 is 46.1 Å². The van der Waals surface area contributed by atoms with E-state index < -0.39 is 17.6 Å². The normalized spacial score (nSPS) is 15.8. The number of pyridine rings is 1. The molecular formula is C27H26F3N3O4S. The van der Waals surface area contributed by atoms with Gasteiger partial charge in [-0.05, 0) is 44.0 Å². The minimum atomic E-state index is -4.63. The van der Waals surface area contributed by atoms with E-state index in [-0.39, 0.29) is 47.9 Å². The number of alkyl halides is 3. The number of ether oxygens (including phenoxy) is 1. The number of aromatic nitrogens is 1. The average Bonchev–Trinajstić information content (AvgIpc) is 2.91. The molecule has 11 heteroatoms. The van der Waals surface area contributed by atoms with Gasteiger partial charge >= 0.3 is 12.1 Å². The number of hydrogen-bond acceptors (Lipinski definition) is 6. The van der Waals surface area contributed by atoms with Gasteiger partial charge in [-0.2, -0.15) is 13.2 Å². The van der Waals surface area contributed by atoms with Crippen LogP contribution in [-0.4, -0.2) is 53.1 Å². The van der Waals surface area contributed by atoms with Crippen LogP contribution in [0.2, 0.25) is 0 Å². The lowest BCUT2D eigenvalue weighted by molar-refractivity contribution is -0.151. The van der Waals surface area contributed by atoms with Crippen molar-refractivity contribution < 1.29 is 32.3 Å². The molecule has 0 bridgehead atoms. The lowest BCUT2D eigenvalue weighted by atomic mass is 9.98. The van der Waals surface area contributed by atoms with E-state index in [1.807, 2.05) is 0 Å². The largest absolute Gasteiger partial charge is 0.466 e. The third-order valence-electron chi connectivity index (χ3n) is 6.16. The van der Waals surface area contributed by atoms with E-state index in [0.717, 1.165) is 17.8 Å². The van der Waals surface area contributed by atoms with E-state index in [4.69, 9.17) is 4.74 Å². The van der Waals surface area contributed by atoms with Crippen molar-refractivity contribution in [3.63, 3.8) is 0 Å². The quantitative estimate of drug-likeness (QED) is 0.316. The number of likely N-dealkylation sites (tertiary alicyclic amines) is 1. The summed E-state index contributed by atoms with van der Waals surface area (Å²) >= 11 is 1.12. The zero-order valence-corrected chi connectivity index (χ0v) is 21.4. The third kappa shape index (κ3) is 6.45. The number of para-hydroxylation sites is 2. The van der Waals surface area contributed by atoms with Gasteiger partial charge in [0.2, 0.25) is 5.91 Å². The molecule has 7 nitrogen and oxygen atoms in total. The second-order valence-corrected chi connectivity index (χ2v) is 9.74. The minimum Gasteiger partial charge on any atom is -0.466 e. The maximum absolute atomic E-state index is 13.4. The van der Waals surface area contributed by atoms with Gasteiger partial charge in [0.1, 0.15) is 0 Å². The lowest BCUT2D eigenvalue weighted by Crippen LogP contribution is -2.43. The highest BCUT2D eigenvalue weighted by molar-refractivity contribution is 7.99. The molecule has 1 atom stereocenters. The number of anilines is 1. The van der Waals surface area contributed by atoms with Gasteiger partial charge in [-0.1, -0.05) is 42.1 Å². The van der Waals surface area contributed by atoms with Gasteiger partial charge in [0, 0.05) is 18.5 Å². The van der Waals surface area contributed by atoms with Crippen LogP contribution in [0, 0.1) is 5.92 Å². The molecule has 0 unspecified atom stereocenters. The van der Waals surface area contributed by atoms with Crippen LogP contribution >= 0.6 is 11.8 Å². The summed E-state index contributed by atoms with van der Waals surface area (Å²) < 4.78 is 45.4. The maximum Gasteiger partial charge on any atom is 0.418 e. The number of halogens is 3. The summed E-state index contributed by atoms with van der Waals surface area (Å²) in [7, 11) is 0. The first-order valence-corrected chi connectivity index (χ1v) is 13.1. The Morgan fingerprint density at radius 1 is 1.13 bits per heavy atom. The second kappa shape index (κ2) is 11.8. The topological polar surface area (TPSA) is 88.6 Å². The molecular weight excluding hydrogens is 519 g/mol. The molecule has 0 radical (unpaired) electrons. The number of piperidine rings is 1. The molecule has 1 fully saturated rings. The molecule has 1 aromatic heterocycles. The predicted molar refractivity (Wildman–Crippen MR) is 138 cm³/mol. The van der Waals surface area contributed by atoms with Crippen molar-refractivity contribution in [2.75, 3.05) is 30.8 Å². The van der Waals surface area contributed by atoms with Crippen LogP contribution in [0.4, 0.5) is 18.9 Å². The number of esters is 1. The number of amides is 2. The maximum atomic E-state index is 13.4. The Balaban J connectivity index is 1.52. The van der Waals surface area contributed by atoms with E-state index in [1.165, 1.54) is 24.3 Å². The smallest absolute Gasteiger partial charge is 0.418 e. The summed E-state index contributed by atoms with van der Waals surface area (Å²) in [5.41, 5.74) is -0.687. The van der Waals surface area contributed by atoms with E-state index in [0.29, 0.717) is 35.3 Å². The van der Waals surface area contributed by atoms with Gasteiger partial charge in [0.25, 0.3) is 5.91 Å². The van der Waals surface area contributed by atoms with Crippen LogP contribution in [0.1, 0.15) is 35.7 Å². The van der Waals surface area contributed by atoms with Crippen molar-refractivity contribution in [3.8, 4) is 0 Å². The van der Waals surface area contributed by atoms with E-state index in [1.54, 1.807) is 36.1 Å². The van der Waals surface area contributed by atoms with Crippen molar-refractivity contribution in [2.24, 2.45) is 5.92 Å². The number of thioether (sulfide) groups is 1. The first kappa shape index (κ1) is 27.4. The zero-order valence-electron chi connectivity index (χ0n) is 20.6. The highest BCUT2D eigenvalue weighted by Gasteiger charge is 2.34. The molecule has 2 aromatic carbocycles. The number of carbonyl (C=O) groups excluding carboxylic acids is 3. The summed E-state index contributed by atoms with van der Waals surface area (Å²) in [6, 6.07) is 13.0. The molecule has 200 valence electrons.